The van der Waals surface area contributed by atoms with Gasteiger partial charge in [0.15, 0.2) is 0 Å². The second kappa shape index (κ2) is 4.16. The third kappa shape index (κ3) is 2.37. The van der Waals surface area contributed by atoms with Gasteiger partial charge in [0.1, 0.15) is 17.9 Å². The van der Waals surface area contributed by atoms with Crippen LogP contribution < -0.4 is 0 Å². The van der Waals surface area contributed by atoms with Crippen LogP contribution in [-0.4, -0.2) is 20.5 Å². The molecule has 1 rings (SSSR count). The highest BCUT2D eigenvalue weighted by molar-refractivity contribution is 5.79. The van der Waals surface area contributed by atoms with E-state index in [2.05, 4.69) is 10.1 Å². The Bertz CT molecular complexity index is 291. The quantitative estimate of drug-likeness (QED) is 0.705. The molecule has 0 atom stereocenters. The van der Waals surface area contributed by atoms with E-state index < -0.39 is 0 Å². The van der Waals surface area contributed by atoms with Crippen LogP contribution in [0.25, 0.3) is 0 Å². The molecule has 0 aromatic carbocycles. The lowest BCUT2D eigenvalue weighted by Gasteiger charge is -2.07. The standard InChI is InChI=1S/C9H15N3O/c1-4-8(13)5-9-10-6-11-12(9)7(2)3/h6-7H,4-5H2,1-3H3. The van der Waals surface area contributed by atoms with Crippen LogP contribution in [-0.2, 0) is 11.2 Å². The minimum Gasteiger partial charge on any atom is -0.299 e. The highest BCUT2D eigenvalue weighted by atomic mass is 16.1. The Labute approximate surface area is 78.0 Å². The first kappa shape index (κ1) is 9.89. The van der Waals surface area contributed by atoms with Crippen molar-refractivity contribution in [2.24, 2.45) is 0 Å². The van der Waals surface area contributed by atoms with Gasteiger partial charge in [-0.2, -0.15) is 5.10 Å². The normalized spacial score (nSPS) is 10.8. The van der Waals surface area contributed by atoms with Crippen LogP contribution in [0.15, 0.2) is 6.33 Å². The summed E-state index contributed by atoms with van der Waals surface area (Å²) in [6, 6.07) is 0.266. The summed E-state index contributed by atoms with van der Waals surface area (Å²) in [5.41, 5.74) is 0. The molecule has 4 heteroatoms. The molecule has 0 bridgehead atoms. The van der Waals surface area contributed by atoms with Crippen molar-refractivity contribution in [3.8, 4) is 0 Å². The number of rotatable bonds is 4. The molecule has 1 aromatic heterocycles. The lowest BCUT2D eigenvalue weighted by molar-refractivity contribution is -0.118. The van der Waals surface area contributed by atoms with Gasteiger partial charge in [0.25, 0.3) is 0 Å². The van der Waals surface area contributed by atoms with Gasteiger partial charge in [0.05, 0.1) is 6.42 Å². The number of aromatic nitrogens is 3. The summed E-state index contributed by atoms with van der Waals surface area (Å²) in [4.78, 5) is 15.2. The van der Waals surface area contributed by atoms with Crippen LogP contribution in [0, 0.1) is 0 Å². The maximum Gasteiger partial charge on any atom is 0.140 e. The summed E-state index contributed by atoms with van der Waals surface area (Å²) in [5, 5.41) is 4.06. The number of Topliss-reactive ketones (excluding diaryl/α,β-unsaturated/α-hetero) is 1. The molecule has 72 valence electrons. The molecule has 0 amide bonds. The van der Waals surface area contributed by atoms with Gasteiger partial charge in [-0.3, -0.25) is 4.79 Å². The number of carbonyl (C=O) groups excluding carboxylic acids is 1. The summed E-state index contributed by atoms with van der Waals surface area (Å²) in [6.45, 7) is 5.90. The van der Waals surface area contributed by atoms with E-state index in [9.17, 15) is 4.79 Å². The first-order valence-electron chi connectivity index (χ1n) is 4.55. The molecule has 0 spiro atoms. The first-order chi connectivity index (χ1) is 6.15. The van der Waals surface area contributed by atoms with Crippen molar-refractivity contribution < 1.29 is 4.79 Å². The monoisotopic (exact) mass is 181 g/mol. The fourth-order valence-electron chi connectivity index (χ4n) is 1.13. The molecule has 0 aliphatic rings. The van der Waals surface area contributed by atoms with Gasteiger partial charge >= 0.3 is 0 Å². The lowest BCUT2D eigenvalue weighted by Crippen LogP contribution is -2.12. The molecule has 1 aromatic rings. The van der Waals surface area contributed by atoms with E-state index in [0.29, 0.717) is 12.8 Å². The lowest BCUT2D eigenvalue weighted by atomic mass is 10.2. The number of ketones is 1. The Morgan fingerprint density at radius 1 is 1.62 bits per heavy atom. The third-order valence-electron chi connectivity index (χ3n) is 1.89. The minimum absolute atomic E-state index is 0.204. The molecule has 0 radical (unpaired) electrons. The summed E-state index contributed by atoms with van der Waals surface area (Å²) < 4.78 is 1.79. The van der Waals surface area contributed by atoms with Gasteiger partial charge in [0.2, 0.25) is 0 Å². The SMILES string of the molecule is CCC(=O)Cc1ncnn1C(C)C. The van der Waals surface area contributed by atoms with E-state index in [1.54, 1.807) is 4.68 Å². The molecular formula is C9H15N3O. The Morgan fingerprint density at radius 2 is 2.31 bits per heavy atom. The molecule has 0 unspecified atom stereocenters. The zero-order valence-corrected chi connectivity index (χ0v) is 8.32. The predicted octanol–water partition coefficient (Wildman–Crippen LogP) is 1.38. The van der Waals surface area contributed by atoms with Crippen LogP contribution >= 0.6 is 0 Å². The summed E-state index contributed by atoms with van der Waals surface area (Å²) in [6.07, 6.45) is 2.46. The maximum absolute atomic E-state index is 11.2. The van der Waals surface area contributed by atoms with E-state index in [1.165, 1.54) is 6.33 Å². The second-order valence-corrected chi connectivity index (χ2v) is 3.28. The van der Waals surface area contributed by atoms with Crippen molar-refractivity contribution in [3.05, 3.63) is 12.2 Å². The molecule has 0 fully saturated rings. The smallest absolute Gasteiger partial charge is 0.140 e. The average Bonchev–Trinajstić information content (AvgIpc) is 2.52. The molecule has 13 heavy (non-hydrogen) atoms. The zero-order valence-electron chi connectivity index (χ0n) is 8.32. The molecule has 0 saturated heterocycles. The van der Waals surface area contributed by atoms with E-state index in [0.717, 1.165) is 5.82 Å². The fourth-order valence-corrected chi connectivity index (χ4v) is 1.13. The van der Waals surface area contributed by atoms with Crippen molar-refractivity contribution in [1.29, 1.82) is 0 Å². The highest BCUT2D eigenvalue weighted by Gasteiger charge is 2.10. The van der Waals surface area contributed by atoms with Crippen molar-refractivity contribution in [3.63, 3.8) is 0 Å². The van der Waals surface area contributed by atoms with Gasteiger partial charge in [-0.05, 0) is 13.8 Å². The molecule has 4 nitrogen and oxygen atoms in total. The maximum atomic E-state index is 11.2. The van der Waals surface area contributed by atoms with E-state index in [-0.39, 0.29) is 11.8 Å². The predicted molar refractivity (Wildman–Crippen MR) is 49.4 cm³/mol. The molecule has 1 heterocycles. The molecule has 0 saturated carbocycles. The first-order valence-corrected chi connectivity index (χ1v) is 4.55. The van der Waals surface area contributed by atoms with Crippen molar-refractivity contribution in [2.75, 3.05) is 0 Å². The van der Waals surface area contributed by atoms with Crippen LogP contribution in [0.2, 0.25) is 0 Å². The summed E-state index contributed by atoms with van der Waals surface area (Å²) in [5.74, 6) is 0.969. The Balaban J connectivity index is 2.76. The average molecular weight is 181 g/mol. The molecule has 0 N–H and O–H groups in total. The van der Waals surface area contributed by atoms with Crippen LogP contribution in [0.3, 0.4) is 0 Å². The summed E-state index contributed by atoms with van der Waals surface area (Å²) in [7, 11) is 0. The fraction of sp³-hybridized carbons (Fsp3) is 0.667. The Hall–Kier alpha value is -1.19. The Kier molecular flexibility index (Phi) is 3.17. The van der Waals surface area contributed by atoms with Gasteiger partial charge in [0, 0.05) is 12.5 Å². The number of hydrogen-bond acceptors (Lipinski definition) is 3. The van der Waals surface area contributed by atoms with Gasteiger partial charge < -0.3 is 0 Å². The van der Waals surface area contributed by atoms with Gasteiger partial charge in [-0.15, -0.1) is 0 Å². The van der Waals surface area contributed by atoms with Crippen molar-refractivity contribution in [2.45, 2.75) is 39.7 Å². The van der Waals surface area contributed by atoms with Crippen molar-refractivity contribution in [1.82, 2.24) is 14.8 Å². The summed E-state index contributed by atoms with van der Waals surface area (Å²) >= 11 is 0. The van der Waals surface area contributed by atoms with Crippen LogP contribution in [0.1, 0.15) is 39.1 Å². The minimum atomic E-state index is 0.204. The highest BCUT2D eigenvalue weighted by Crippen LogP contribution is 2.06. The Morgan fingerprint density at radius 3 is 2.85 bits per heavy atom. The molecule has 0 aliphatic carbocycles. The number of carbonyl (C=O) groups is 1. The zero-order chi connectivity index (χ0) is 9.84. The van der Waals surface area contributed by atoms with E-state index in [1.807, 2.05) is 20.8 Å². The molecular weight excluding hydrogens is 166 g/mol. The second-order valence-electron chi connectivity index (χ2n) is 3.28. The van der Waals surface area contributed by atoms with Crippen LogP contribution in [0.4, 0.5) is 0 Å². The van der Waals surface area contributed by atoms with Gasteiger partial charge in [-0.1, -0.05) is 6.92 Å². The van der Waals surface area contributed by atoms with E-state index in [4.69, 9.17) is 0 Å². The third-order valence-corrected chi connectivity index (χ3v) is 1.89. The van der Waals surface area contributed by atoms with Crippen molar-refractivity contribution >= 4 is 5.78 Å². The topological polar surface area (TPSA) is 47.8 Å². The number of nitrogens with zero attached hydrogens (tertiary/aromatic N) is 3. The van der Waals surface area contributed by atoms with E-state index >= 15 is 0 Å². The number of hydrogen-bond donors (Lipinski definition) is 0. The largest absolute Gasteiger partial charge is 0.299 e. The van der Waals surface area contributed by atoms with Crippen LogP contribution in [0.5, 0.6) is 0 Å². The molecule has 0 aliphatic heterocycles. The van der Waals surface area contributed by atoms with Gasteiger partial charge in [-0.25, -0.2) is 9.67 Å².